The Bertz CT molecular complexity index is 1640. The lowest BCUT2D eigenvalue weighted by atomic mass is 10.2. The normalized spacial score (nSPS) is 11.3. The molecule has 2 heterocycles. The van der Waals surface area contributed by atoms with Gasteiger partial charge in [0, 0.05) is 22.7 Å². The van der Waals surface area contributed by atoms with Crippen molar-refractivity contribution >= 4 is 46.0 Å². The highest BCUT2D eigenvalue weighted by molar-refractivity contribution is 6.36. The molecule has 0 radical (unpaired) electrons. The predicted molar refractivity (Wildman–Crippen MR) is 132 cm³/mol. The number of halogens is 3. The molecule has 0 aliphatic carbocycles. The molecule has 0 atom stereocenters. The molecule has 0 amide bonds. The molecule has 2 aromatic heterocycles. The van der Waals surface area contributed by atoms with Gasteiger partial charge >= 0.3 is 5.69 Å². The van der Waals surface area contributed by atoms with Gasteiger partial charge in [-0.2, -0.15) is 0 Å². The second-order valence-electron chi connectivity index (χ2n) is 7.36. The summed E-state index contributed by atoms with van der Waals surface area (Å²) in [4.78, 5) is 31.8. The van der Waals surface area contributed by atoms with Gasteiger partial charge in [-0.05, 0) is 54.6 Å². The number of hydrogen-bond donors (Lipinski definition) is 0. The standard InChI is InChI=1S/C24H15Cl3N4O2/c1-29-20-22(31(24(29)33)16-5-3-2-4-6-16)28-21(18-12-9-15(26)13-19(18)27)30(23(20)32)17-10-7-14(25)8-11-17/h2-13H,1H3. The molecule has 0 unspecified atom stereocenters. The number of hydrogen-bond acceptors (Lipinski definition) is 3. The number of aryl methyl sites for hydroxylation is 1. The first-order chi connectivity index (χ1) is 15.9. The maximum atomic E-state index is 13.9. The summed E-state index contributed by atoms with van der Waals surface area (Å²) in [6.45, 7) is 0. The largest absolute Gasteiger partial charge is 0.334 e. The van der Waals surface area contributed by atoms with Gasteiger partial charge in [-0.15, -0.1) is 0 Å². The van der Waals surface area contributed by atoms with Gasteiger partial charge in [-0.3, -0.25) is 13.9 Å². The average molecular weight is 498 g/mol. The van der Waals surface area contributed by atoms with Crippen LogP contribution in [0.15, 0.2) is 82.4 Å². The Labute approximate surface area is 202 Å². The Morgan fingerprint density at radius 2 is 1.39 bits per heavy atom. The summed E-state index contributed by atoms with van der Waals surface area (Å²) in [5.74, 6) is 0.270. The van der Waals surface area contributed by atoms with E-state index in [0.717, 1.165) is 0 Å². The van der Waals surface area contributed by atoms with E-state index in [9.17, 15) is 9.59 Å². The fourth-order valence-corrected chi connectivity index (χ4v) is 4.40. The average Bonchev–Trinajstić information content (AvgIpc) is 3.05. The summed E-state index contributed by atoms with van der Waals surface area (Å²) in [7, 11) is 1.55. The van der Waals surface area contributed by atoms with Crippen LogP contribution in [0.2, 0.25) is 15.1 Å². The van der Waals surface area contributed by atoms with Crippen molar-refractivity contribution in [2.75, 3.05) is 0 Å². The Morgan fingerprint density at radius 3 is 2.06 bits per heavy atom. The van der Waals surface area contributed by atoms with Crippen molar-refractivity contribution < 1.29 is 0 Å². The van der Waals surface area contributed by atoms with Crippen molar-refractivity contribution in [2.24, 2.45) is 7.05 Å². The molecule has 6 nitrogen and oxygen atoms in total. The van der Waals surface area contributed by atoms with Crippen molar-refractivity contribution in [1.29, 1.82) is 0 Å². The molecular formula is C24H15Cl3N4O2. The van der Waals surface area contributed by atoms with E-state index in [2.05, 4.69) is 0 Å². The molecule has 9 heteroatoms. The maximum Gasteiger partial charge on any atom is 0.334 e. The SMILES string of the molecule is Cn1c(=O)n(-c2ccccc2)c2nc(-c3ccc(Cl)cc3Cl)n(-c3ccc(Cl)cc3)c(=O)c21. The van der Waals surface area contributed by atoms with Gasteiger partial charge in [0.1, 0.15) is 0 Å². The first-order valence-corrected chi connectivity index (χ1v) is 11.0. The molecule has 0 saturated carbocycles. The van der Waals surface area contributed by atoms with Crippen LogP contribution in [0.25, 0.3) is 33.9 Å². The number of benzene rings is 3. The van der Waals surface area contributed by atoms with E-state index >= 15 is 0 Å². The molecule has 33 heavy (non-hydrogen) atoms. The van der Waals surface area contributed by atoms with Gasteiger partial charge in [0.15, 0.2) is 17.0 Å². The minimum Gasteiger partial charge on any atom is -0.288 e. The molecule has 0 bridgehead atoms. The Hall–Kier alpha value is -3.32. The van der Waals surface area contributed by atoms with Crippen molar-refractivity contribution in [1.82, 2.24) is 18.7 Å². The van der Waals surface area contributed by atoms with Crippen molar-refractivity contribution in [3.8, 4) is 22.8 Å². The van der Waals surface area contributed by atoms with Crippen LogP contribution in [-0.4, -0.2) is 18.7 Å². The second-order valence-corrected chi connectivity index (χ2v) is 8.64. The quantitative estimate of drug-likeness (QED) is 0.331. The molecule has 0 N–H and O–H groups in total. The highest BCUT2D eigenvalue weighted by atomic mass is 35.5. The lowest BCUT2D eigenvalue weighted by Gasteiger charge is -2.15. The summed E-state index contributed by atoms with van der Waals surface area (Å²) in [6.07, 6.45) is 0. The number of nitrogens with zero attached hydrogens (tertiary/aromatic N) is 4. The molecule has 164 valence electrons. The van der Waals surface area contributed by atoms with Gasteiger partial charge < -0.3 is 0 Å². The fourth-order valence-electron chi connectivity index (χ4n) is 3.78. The van der Waals surface area contributed by atoms with Crippen LogP contribution >= 0.6 is 34.8 Å². The number of fused-ring (bicyclic) bond motifs is 1. The van der Waals surface area contributed by atoms with Gasteiger partial charge in [-0.25, -0.2) is 14.3 Å². The molecular weight excluding hydrogens is 483 g/mol. The monoisotopic (exact) mass is 496 g/mol. The molecule has 0 aliphatic heterocycles. The summed E-state index contributed by atoms with van der Waals surface area (Å²) < 4.78 is 4.14. The van der Waals surface area contributed by atoms with Crippen LogP contribution in [0, 0.1) is 0 Å². The minimum atomic E-state index is -0.419. The minimum absolute atomic E-state index is 0.160. The van der Waals surface area contributed by atoms with Crippen LogP contribution in [0.4, 0.5) is 0 Å². The smallest absolute Gasteiger partial charge is 0.288 e. The highest BCUT2D eigenvalue weighted by Gasteiger charge is 2.23. The predicted octanol–water partition coefficient (Wildman–Crippen LogP) is 5.50. The summed E-state index contributed by atoms with van der Waals surface area (Å²) in [5.41, 5.74) is 1.20. The lowest BCUT2D eigenvalue weighted by molar-refractivity contribution is 0.840. The van der Waals surface area contributed by atoms with E-state index < -0.39 is 5.56 Å². The van der Waals surface area contributed by atoms with Gasteiger partial charge in [-0.1, -0.05) is 53.0 Å². The van der Waals surface area contributed by atoms with E-state index in [-0.39, 0.29) is 22.7 Å². The third-order valence-electron chi connectivity index (χ3n) is 5.34. The fraction of sp³-hybridized carbons (Fsp3) is 0.0417. The topological polar surface area (TPSA) is 61.8 Å². The Morgan fingerprint density at radius 1 is 0.758 bits per heavy atom. The van der Waals surface area contributed by atoms with E-state index in [4.69, 9.17) is 39.8 Å². The van der Waals surface area contributed by atoms with Crippen LogP contribution in [0.3, 0.4) is 0 Å². The van der Waals surface area contributed by atoms with E-state index in [1.165, 1.54) is 13.7 Å². The van der Waals surface area contributed by atoms with Gasteiger partial charge in [0.2, 0.25) is 0 Å². The third kappa shape index (κ3) is 3.56. The van der Waals surface area contributed by atoms with E-state index in [1.807, 2.05) is 18.2 Å². The van der Waals surface area contributed by atoms with Crippen molar-refractivity contribution in [3.63, 3.8) is 0 Å². The molecule has 0 spiro atoms. The molecule has 0 aliphatic rings. The number of aromatic nitrogens is 4. The van der Waals surface area contributed by atoms with Crippen LogP contribution in [-0.2, 0) is 7.05 Å². The zero-order valence-electron chi connectivity index (χ0n) is 17.2. The lowest BCUT2D eigenvalue weighted by Crippen LogP contribution is -2.25. The first kappa shape index (κ1) is 21.5. The molecule has 5 rings (SSSR count). The summed E-state index contributed by atoms with van der Waals surface area (Å²) in [5, 5.41) is 1.29. The molecule has 3 aromatic carbocycles. The highest BCUT2D eigenvalue weighted by Crippen LogP contribution is 2.31. The Balaban J connectivity index is 1.96. The molecule has 5 aromatic rings. The second kappa shape index (κ2) is 8.23. The first-order valence-electron chi connectivity index (χ1n) is 9.88. The zero-order valence-corrected chi connectivity index (χ0v) is 19.4. The van der Waals surface area contributed by atoms with E-state index in [0.29, 0.717) is 32.0 Å². The number of rotatable bonds is 3. The van der Waals surface area contributed by atoms with E-state index in [1.54, 1.807) is 61.6 Å². The van der Waals surface area contributed by atoms with Crippen LogP contribution in [0.5, 0.6) is 0 Å². The zero-order chi connectivity index (χ0) is 23.3. The maximum absolute atomic E-state index is 13.9. The summed E-state index contributed by atoms with van der Waals surface area (Å²) in [6, 6.07) is 20.7. The third-order valence-corrected chi connectivity index (χ3v) is 6.14. The van der Waals surface area contributed by atoms with Gasteiger partial charge in [0.05, 0.1) is 16.4 Å². The number of para-hydroxylation sites is 1. The molecule has 0 saturated heterocycles. The summed E-state index contributed by atoms with van der Waals surface area (Å²) >= 11 is 18.7. The molecule has 0 fully saturated rings. The van der Waals surface area contributed by atoms with Crippen molar-refractivity contribution in [2.45, 2.75) is 0 Å². The number of imidazole rings is 1. The Kier molecular flexibility index (Phi) is 5.37. The van der Waals surface area contributed by atoms with Crippen LogP contribution in [0.1, 0.15) is 0 Å². The van der Waals surface area contributed by atoms with Crippen molar-refractivity contribution in [3.05, 3.63) is 109 Å². The van der Waals surface area contributed by atoms with Crippen LogP contribution < -0.4 is 11.2 Å². The van der Waals surface area contributed by atoms with Gasteiger partial charge in [0.25, 0.3) is 5.56 Å².